The molecule has 2 aromatic rings. The van der Waals surface area contributed by atoms with Gasteiger partial charge in [0, 0.05) is 5.69 Å². The van der Waals surface area contributed by atoms with Crippen LogP contribution in [0.2, 0.25) is 0 Å². The molecule has 1 unspecified atom stereocenters. The van der Waals surface area contributed by atoms with Crippen molar-refractivity contribution in [2.45, 2.75) is 116 Å². The summed E-state index contributed by atoms with van der Waals surface area (Å²) in [6.45, 7) is 4.25. The van der Waals surface area contributed by atoms with Crippen molar-refractivity contribution in [3.63, 3.8) is 0 Å². The number of hydrogen-bond donors (Lipinski definition) is 1. The average molecular weight is 465 g/mol. The van der Waals surface area contributed by atoms with E-state index in [9.17, 15) is 4.79 Å². The van der Waals surface area contributed by atoms with Gasteiger partial charge >= 0.3 is 0 Å². The summed E-state index contributed by atoms with van der Waals surface area (Å²) in [5.41, 5.74) is 2.05. The highest BCUT2D eigenvalue weighted by atomic mass is 16.5. The predicted octanol–water partition coefficient (Wildman–Crippen LogP) is 8.92. The lowest BCUT2D eigenvalue weighted by Crippen LogP contribution is -2.32. The van der Waals surface area contributed by atoms with Crippen molar-refractivity contribution in [3.05, 3.63) is 60.2 Å². The zero-order valence-corrected chi connectivity index (χ0v) is 21.6. The second kappa shape index (κ2) is 18.1. The smallest absolute Gasteiger partial charge is 0.265 e. The lowest BCUT2D eigenvalue weighted by Gasteiger charge is -2.18. The molecule has 0 aliphatic heterocycles. The van der Waals surface area contributed by atoms with Crippen LogP contribution in [-0.4, -0.2) is 12.0 Å². The van der Waals surface area contributed by atoms with Gasteiger partial charge < -0.3 is 10.1 Å². The lowest BCUT2D eigenvalue weighted by atomic mass is 10.0. The minimum absolute atomic E-state index is 0.115. The number of ether oxygens (including phenoxy) is 1. The Labute approximate surface area is 208 Å². The van der Waals surface area contributed by atoms with Crippen LogP contribution in [0.1, 0.15) is 109 Å². The number of anilines is 1. The largest absolute Gasteiger partial charge is 0.481 e. The van der Waals surface area contributed by atoms with Gasteiger partial charge in [0.1, 0.15) is 5.75 Å². The Morgan fingerprint density at radius 2 is 1.41 bits per heavy atom. The second-order valence-electron chi connectivity index (χ2n) is 9.43. The van der Waals surface area contributed by atoms with E-state index in [4.69, 9.17) is 4.74 Å². The van der Waals surface area contributed by atoms with Crippen molar-refractivity contribution in [1.29, 1.82) is 0 Å². The van der Waals surface area contributed by atoms with E-state index in [-0.39, 0.29) is 5.91 Å². The Morgan fingerprint density at radius 1 is 0.824 bits per heavy atom. The molecule has 1 radical (unpaired) electrons. The molecule has 0 bridgehead atoms. The topological polar surface area (TPSA) is 38.3 Å². The molecule has 34 heavy (non-hydrogen) atoms. The zero-order chi connectivity index (χ0) is 24.3. The number of aryl methyl sites for hydroxylation is 1. The summed E-state index contributed by atoms with van der Waals surface area (Å²) in [6.07, 6.45) is 19.0. The Bertz CT molecular complexity index is 774. The molecule has 0 aromatic heterocycles. The number of unbranched alkanes of at least 4 members (excludes halogenated alkanes) is 12. The van der Waals surface area contributed by atoms with Gasteiger partial charge in [0.15, 0.2) is 6.10 Å². The van der Waals surface area contributed by atoms with Crippen molar-refractivity contribution < 1.29 is 9.53 Å². The Kier molecular flexibility index (Phi) is 14.9. The minimum atomic E-state index is -0.504. The van der Waals surface area contributed by atoms with Gasteiger partial charge in [0.25, 0.3) is 5.91 Å². The van der Waals surface area contributed by atoms with Gasteiger partial charge in [0.2, 0.25) is 0 Å². The molecule has 3 heteroatoms. The van der Waals surface area contributed by atoms with Gasteiger partial charge in [-0.2, -0.15) is 0 Å². The third-order valence-corrected chi connectivity index (χ3v) is 6.39. The third kappa shape index (κ3) is 12.3. The molecule has 1 atom stereocenters. The maximum atomic E-state index is 12.6. The first-order chi connectivity index (χ1) is 16.7. The summed E-state index contributed by atoms with van der Waals surface area (Å²) in [4.78, 5) is 12.6. The van der Waals surface area contributed by atoms with Crippen LogP contribution >= 0.6 is 0 Å². The van der Waals surface area contributed by atoms with Crippen LogP contribution in [0.25, 0.3) is 0 Å². The number of hydrogen-bond acceptors (Lipinski definition) is 2. The summed E-state index contributed by atoms with van der Waals surface area (Å²) in [5, 5.41) is 2.92. The van der Waals surface area contributed by atoms with E-state index in [1.165, 1.54) is 89.0 Å². The first kappa shape index (κ1) is 28.0. The predicted molar refractivity (Wildman–Crippen MR) is 144 cm³/mol. The van der Waals surface area contributed by atoms with Gasteiger partial charge in [-0.25, -0.2) is 0 Å². The first-order valence-corrected chi connectivity index (χ1v) is 13.8. The molecule has 0 aliphatic carbocycles. The van der Waals surface area contributed by atoms with Crippen LogP contribution in [-0.2, 0) is 11.2 Å². The van der Waals surface area contributed by atoms with E-state index < -0.39 is 6.10 Å². The molecule has 0 spiro atoms. The first-order valence-electron chi connectivity index (χ1n) is 13.8. The van der Waals surface area contributed by atoms with E-state index in [0.717, 1.165) is 17.9 Å². The summed E-state index contributed by atoms with van der Waals surface area (Å²) in [7, 11) is 0. The van der Waals surface area contributed by atoms with E-state index in [0.29, 0.717) is 6.42 Å². The van der Waals surface area contributed by atoms with E-state index in [2.05, 4.69) is 30.4 Å². The molecule has 0 fully saturated rings. The van der Waals surface area contributed by atoms with Crippen LogP contribution in [0.3, 0.4) is 0 Å². The molecule has 2 rings (SSSR count). The highest BCUT2D eigenvalue weighted by molar-refractivity contribution is 5.94. The summed E-state index contributed by atoms with van der Waals surface area (Å²) < 4.78 is 6.04. The molecular weight excluding hydrogens is 418 g/mol. The summed E-state index contributed by atoms with van der Waals surface area (Å²) in [5.74, 6) is 0.659. The van der Waals surface area contributed by atoms with Crippen molar-refractivity contribution in [1.82, 2.24) is 0 Å². The number of rotatable bonds is 19. The Morgan fingerprint density at radius 3 is 2.00 bits per heavy atom. The van der Waals surface area contributed by atoms with Gasteiger partial charge in [-0.1, -0.05) is 115 Å². The van der Waals surface area contributed by atoms with Gasteiger partial charge in [-0.3, -0.25) is 4.79 Å². The molecule has 2 aromatic carbocycles. The fraction of sp³-hybridized carbons (Fsp3) is 0.581. The van der Waals surface area contributed by atoms with E-state index >= 15 is 0 Å². The molecule has 0 saturated carbocycles. The van der Waals surface area contributed by atoms with Crippen LogP contribution in [0.5, 0.6) is 5.75 Å². The molecule has 3 nitrogen and oxygen atoms in total. The fourth-order valence-electron chi connectivity index (χ4n) is 4.30. The van der Waals surface area contributed by atoms with Gasteiger partial charge in [0.05, 0.1) is 0 Å². The Hall–Kier alpha value is -2.29. The highest BCUT2D eigenvalue weighted by Gasteiger charge is 2.18. The SMILES string of the molecule is CCCCCCCCCCCCCCCc1cccc(OC(CC)C(=O)Nc2cc[c]cc2)c1. The molecular formula is C31H46NO2. The zero-order valence-electron chi connectivity index (χ0n) is 21.6. The summed E-state index contributed by atoms with van der Waals surface area (Å²) in [6, 6.07) is 18.4. The molecule has 0 heterocycles. The third-order valence-electron chi connectivity index (χ3n) is 6.39. The minimum Gasteiger partial charge on any atom is -0.481 e. The summed E-state index contributed by atoms with van der Waals surface area (Å²) >= 11 is 0. The monoisotopic (exact) mass is 464 g/mol. The standard InChI is InChI=1S/C31H46NO2/c1-3-5-6-7-8-9-10-11-12-13-14-15-17-21-27-22-20-25-29(26-27)34-30(4-2)31(33)32-28-23-18-16-19-24-28/h18-20,22-26,30H,3-15,17,21H2,1-2H3,(H,32,33). The van der Waals surface area contributed by atoms with Crippen LogP contribution in [0.4, 0.5) is 5.69 Å². The maximum Gasteiger partial charge on any atom is 0.265 e. The molecule has 187 valence electrons. The number of amides is 1. The molecule has 0 aliphatic rings. The van der Waals surface area contributed by atoms with Crippen molar-refractivity contribution in [2.24, 2.45) is 0 Å². The van der Waals surface area contributed by atoms with E-state index in [1.807, 2.05) is 31.2 Å². The van der Waals surface area contributed by atoms with Crippen molar-refractivity contribution in [3.8, 4) is 5.75 Å². The van der Waals surface area contributed by atoms with Gasteiger partial charge in [-0.15, -0.1) is 0 Å². The van der Waals surface area contributed by atoms with Crippen LogP contribution in [0.15, 0.2) is 48.5 Å². The highest BCUT2D eigenvalue weighted by Crippen LogP contribution is 2.19. The molecule has 0 saturated heterocycles. The number of carbonyl (C=O) groups is 1. The van der Waals surface area contributed by atoms with Crippen LogP contribution < -0.4 is 10.1 Å². The van der Waals surface area contributed by atoms with Gasteiger partial charge in [-0.05, 0) is 55.2 Å². The lowest BCUT2D eigenvalue weighted by molar-refractivity contribution is -0.122. The van der Waals surface area contributed by atoms with E-state index in [1.54, 1.807) is 12.1 Å². The fourth-order valence-corrected chi connectivity index (χ4v) is 4.30. The number of carbonyl (C=O) groups excluding carboxylic acids is 1. The average Bonchev–Trinajstić information content (AvgIpc) is 2.86. The van der Waals surface area contributed by atoms with Crippen molar-refractivity contribution >= 4 is 11.6 Å². The Balaban J connectivity index is 1.59. The second-order valence-corrected chi connectivity index (χ2v) is 9.43. The molecule has 1 N–H and O–H groups in total. The number of benzene rings is 2. The quantitative estimate of drug-likeness (QED) is 0.211. The van der Waals surface area contributed by atoms with Crippen LogP contribution in [0, 0.1) is 6.07 Å². The van der Waals surface area contributed by atoms with Crippen molar-refractivity contribution in [2.75, 3.05) is 5.32 Å². The molecule has 1 amide bonds. The number of nitrogens with one attached hydrogen (secondary N) is 1. The normalized spacial score (nSPS) is 11.8. The maximum absolute atomic E-state index is 12.6.